The van der Waals surface area contributed by atoms with Crippen LogP contribution in [0, 0.1) is 11.8 Å². The van der Waals surface area contributed by atoms with Crippen molar-refractivity contribution >= 4 is 71.1 Å². The fourth-order valence-electron chi connectivity index (χ4n) is 6.15. The molecule has 26 nitrogen and oxygen atoms in total. The van der Waals surface area contributed by atoms with Crippen LogP contribution in [0.3, 0.4) is 0 Å². The van der Waals surface area contributed by atoms with E-state index in [1.165, 1.54) is 6.92 Å². The van der Waals surface area contributed by atoms with Crippen molar-refractivity contribution in [2.24, 2.45) is 23.3 Å². The van der Waals surface area contributed by atoms with Crippen molar-refractivity contribution in [1.82, 2.24) is 42.5 Å². The molecule has 26 heteroatoms. The second-order valence-corrected chi connectivity index (χ2v) is 16.3. The van der Waals surface area contributed by atoms with Gasteiger partial charge in [0.25, 0.3) is 0 Å². The third kappa shape index (κ3) is 21.8. The summed E-state index contributed by atoms with van der Waals surface area (Å²) >= 11 is 0. The number of aliphatic carboxylic acids is 3. The van der Waals surface area contributed by atoms with Crippen LogP contribution in [0.4, 0.5) is 0 Å². The third-order valence-corrected chi connectivity index (χ3v) is 10.1. The molecule has 0 fully saturated rings. The van der Waals surface area contributed by atoms with Gasteiger partial charge in [0.1, 0.15) is 42.3 Å². The van der Waals surface area contributed by atoms with Crippen LogP contribution in [-0.2, 0) is 64.0 Å². The van der Waals surface area contributed by atoms with E-state index in [9.17, 15) is 72.9 Å². The minimum atomic E-state index is -1.82. The smallest absolute Gasteiger partial charge is 0.326 e. The predicted octanol–water partition coefficient (Wildman–Crippen LogP) is -4.53. The largest absolute Gasteiger partial charge is 0.481 e. The van der Waals surface area contributed by atoms with Gasteiger partial charge in [0.15, 0.2) is 0 Å². The Bertz CT molecular complexity index is 1970. The Hall–Kier alpha value is -7.22. The van der Waals surface area contributed by atoms with E-state index in [4.69, 9.17) is 16.6 Å². The summed E-state index contributed by atoms with van der Waals surface area (Å²) in [6.07, 6.45) is -2.54. The number of carbonyl (C=O) groups is 12. The molecule has 16 N–H and O–H groups in total. The maximum atomic E-state index is 13.7. The van der Waals surface area contributed by atoms with E-state index >= 15 is 0 Å². The molecule has 0 saturated heterocycles. The Morgan fingerprint density at radius 1 is 0.603 bits per heavy atom. The second-order valence-electron chi connectivity index (χ2n) is 16.3. The number of benzene rings is 1. The number of aliphatic hydroxyl groups is 1. The number of primary amides is 1. The molecular formula is C42H64N10O16. The minimum Gasteiger partial charge on any atom is -0.481 e. The quantitative estimate of drug-likeness (QED) is 0.0333. The number of carbonyl (C=O) groups excluding carboxylic acids is 9. The molecule has 1 aromatic carbocycles. The molecule has 9 amide bonds. The lowest BCUT2D eigenvalue weighted by Gasteiger charge is -2.27. The van der Waals surface area contributed by atoms with E-state index in [0.29, 0.717) is 12.0 Å². The molecule has 0 aromatic heterocycles. The van der Waals surface area contributed by atoms with Gasteiger partial charge in [-0.25, -0.2) is 4.79 Å². The number of nitrogens with two attached hydrogens (primary N) is 2. The molecule has 0 saturated carbocycles. The molecule has 68 heavy (non-hydrogen) atoms. The number of carboxylic acids is 3. The van der Waals surface area contributed by atoms with Crippen molar-refractivity contribution in [3.8, 4) is 0 Å². The van der Waals surface area contributed by atoms with E-state index in [0.717, 1.165) is 0 Å². The van der Waals surface area contributed by atoms with Gasteiger partial charge in [-0.2, -0.15) is 0 Å². The highest BCUT2D eigenvalue weighted by molar-refractivity contribution is 5.98. The van der Waals surface area contributed by atoms with Crippen molar-refractivity contribution in [3.63, 3.8) is 0 Å². The van der Waals surface area contributed by atoms with Crippen LogP contribution < -0.4 is 54.0 Å². The monoisotopic (exact) mass is 964 g/mol. The normalized spacial score (nSPS) is 14.9. The van der Waals surface area contributed by atoms with E-state index in [1.807, 2.05) is 5.32 Å². The number of amides is 9. The highest BCUT2D eigenvalue weighted by atomic mass is 16.4. The molecule has 1 rings (SSSR count). The number of carboxylic acid groups (broad SMARTS) is 3. The molecule has 1 aromatic rings. The number of nitrogens with one attached hydrogen (secondary N) is 8. The molecular weight excluding hydrogens is 901 g/mol. The molecule has 9 atom stereocenters. The third-order valence-electron chi connectivity index (χ3n) is 10.1. The second kappa shape index (κ2) is 29.4. The minimum absolute atomic E-state index is 0.0990. The van der Waals surface area contributed by atoms with Gasteiger partial charge in [0.2, 0.25) is 53.2 Å². The first-order valence-electron chi connectivity index (χ1n) is 21.5. The molecule has 0 aliphatic heterocycles. The Balaban J connectivity index is 3.16. The zero-order valence-electron chi connectivity index (χ0n) is 38.4. The zero-order valence-corrected chi connectivity index (χ0v) is 38.4. The van der Waals surface area contributed by atoms with E-state index in [-0.39, 0.29) is 18.8 Å². The van der Waals surface area contributed by atoms with E-state index in [2.05, 4.69) is 37.2 Å². The summed E-state index contributed by atoms with van der Waals surface area (Å²) in [6.45, 7) is 6.32. The first-order chi connectivity index (χ1) is 31.8. The number of hydrogen-bond donors (Lipinski definition) is 14. The highest BCUT2D eigenvalue weighted by Gasteiger charge is 2.34. The Kier molecular flexibility index (Phi) is 25.4. The molecule has 0 heterocycles. The Morgan fingerprint density at radius 2 is 1.15 bits per heavy atom. The van der Waals surface area contributed by atoms with Gasteiger partial charge in [-0.1, -0.05) is 64.4 Å². The van der Waals surface area contributed by atoms with E-state index in [1.54, 1.807) is 58.0 Å². The van der Waals surface area contributed by atoms with Crippen LogP contribution in [-0.4, -0.2) is 153 Å². The summed E-state index contributed by atoms with van der Waals surface area (Å²) in [5.41, 5.74) is 11.2. The van der Waals surface area contributed by atoms with Crippen LogP contribution in [0.5, 0.6) is 0 Å². The van der Waals surface area contributed by atoms with Gasteiger partial charge in [-0.05, 0) is 37.2 Å². The molecule has 0 unspecified atom stereocenters. The van der Waals surface area contributed by atoms with Gasteiger partial charge >= 0.3 is 17.9 Å². The van der Waals surface area contributed by atoms with Gasteiger partial charge in [-0.3, -0.25) is 52.7 Å². The average Bonchev–Trinajstić information content (AvgIpc) is 3.26. The van der Waals surface area contributed by atoms with Crippen LogP contribution in [0.1, 0.15) is 78.7 Å². The number of aliphatic hydroxyl groups excluding tert-OH is 1. The molecule has 378 valence electrons. The fourth-order valence-corrected chi connectivity index (χ4v) is 6.15. The van der Waals surface area contributed by atoms with Crippen LogP contribution in [0.2, 0.25) is 0 Å². The summed E-state index contributed by atoms with van der Waals surface area (Å²) in [5.74, 6) is -13.9. The highest BCUT2D eigenvalue weighted by Crippen LogP contribution is 2.11. The lowest BCUT2D eigenvalue weighted by molar-refractivity contribution is -0.144. The van der Waals surface area contributed by atoms with Crippen LogP contribution >= 0.6 is 0 Å². The average molecular weight is 965 g/mol. The fraction of sp³-hybridized carbons (Fsp3) is 0.571. The predicted molar refractivity (Wildman–Crippen MR) is 237 cm³/mol. The lowest BCUT2D eigenvalue weighted by atomic mass is 9.98. The first kappa shape index (κ1) is 58.8. The molecule has 0 aliphatic rings. The van der Waals surface area contributed by atoms with Crippen molar-refractivity contribution in [1.29, 1.82) is 0 Å². The van der Waals surface area contributed by atoms with Gasteiger partial charge in [0.05, 0.1) is 32.0 Å². The number of hydrogen-bond acceptors (Lipinski definition) is 14. The first-order valence-corrected chi connectivity index (χ1v) is 21.5. The molecule has 0 spiro atoms. The Morgan fingerprint density at radius 3 is 1.68 bits per heavy atom. The number of rotatable bonds is 31. The summed E-state index contributed by atoms with van der Waals surface area (Å²) in [5, 5.41) is 56.4. The molecule has 0 radical (unpaired) electrons. The van der Waals surface area contributed by atoms with Crippen molar-refractivity contribution in [3.05, 3.63) is 35.9 Å². The summed E-state index contributed by atoms with van der Waals surface area (Å²) < 4.78 is 0. The van der Waals surface area contributed by atoms with Gasteiger partial charge in [0, 0.05) is 12.8 Å². The van der Waals surface area contributed by atoms with Crippen LogP contribution in [0.15, 0.2) is 30.3 Å². The SMILES string of the molecule is CC[C@H](C)[C@H](NC(=O)CNC(=O)[C@H](CC(C)C)NC(=O)[C@@H](N)CC(=O)O)C(=O)N[C@@H](CO)C(=O)N[C@@H](C)C(=O)N[C@@H](Cc1ccccc1)C(=O)N[C@@H](CCC(=O)O)C(=O)N[C@@H](CC(N)=O)C(=O)O. The van der Waals surface area contributed by atoms with Gasteiger partial charge in [-0.15, -0.1) is 0 Å². The van der Waals surface area contributed by atoms with Crippen molar-refractivity contribution in [2.45, 2.75) is 128 Å². The summed E-state index contributed by atoms with van der Waals surface area (Å²) in [6, 6.07) is -4.03. The van der Waals surface area contributed by atoms with Gasteiger partial charge < -0.3 is 74.4 Å². The Labute approximate surface area is 391 Å². The molecule has 0 bridgehead atoms. The van der Waals surface area contributed by atoms with Crippen molar-refractivity contribution in [2.75, 3.05) is 13.2 Å². The summed E-state index contributed by atoms with van der Waals surface area (Å²) in [4.78, 5) is 151. The molecule has 0 aliphatic carbocycles. The maximum absolute atomic E-state index is 13.7. The zero-order chi connectivity index (χ0) is 51.8. The standard InChI is InChI=1S/C42H64N10O16/c1-6-21(4)34(52-31(55)18-45-37(62)26(14-20(2)3)49-36(61)24(43)16-33(58)59)41(66)51-29(19-53)40(65)46-22(5)35(60)48-27(15-23-10-8-7-9-11-23)39(64)47-25(12-13-32(56)57)38(63)50-28(42(67)68)17-30(44)54/h7-11,20-22,24-29,34,53H,6,12-19,43H2,1-5H3,(H2,44,54)(H,45,62)(H,46,65)(H,47,64)(H,48,60)(H,49,61)(H,50,63)(H,51,66)(H,52,55)(H,56,57)(H,58,59)(H,67,68)/t21-,22-,24-,25-,26-,27-,28-,29-,34-/m0/s1. The summed E-state index contributed by atoms with van der Waals surface area (Å²) in [7, 11) is 0. The lowest BCUT2D eigenvalue weighted by Crippen LogP contribution is -2.60. The maximum Gasteiger partial charge on any atom is 0.326 e. The van der Waals surface area contributed by atoms with E-state index < -0.39 is 164 Å². The van der Waals surface area contributed by atoms with Crippen LogP contribution in [0.25, 0.3) is 0 Å². The van der Waals surface area contributed by atoms with Crippen molar-refractivity contribution < 1.29 is 78.0 Å². The topological polar surface area (TPSA) is 434 Å².